The minimum Gasteiger partial charge on any atom is -0.338 e. The molecule has 0 aliphatic heterocycles. The lowest BCUT2D eigenvalue weighted by atomic mass is 9.96. The van der Waals surface area contributed by atoms with Gasteiger partial charge in [-0.3, -0.25) is 4.79 Å². The highest BCUT2D eigenvalue weighted by atomic mass is 32.1. The van der Waals surface area contributed by atoms with E-state index in [1.54, 1.807) is 11.6 Å². The zero-order valence-electron chi connectivity index (χ0n) is 17.2. The molecule has 9 heteroatoms. The summed E-state index contributed by atoms with van der Waals surface area (Å²) in [6.45, 7) is 7.78. The van der Waals surface area contributed by atoms with Gasteiger partial charge in [0.2, 0.25) is 11.7 Å². The number of amides is 1. The van der Waals surface area contributed by atoms with Crippen molar-refractivity contribution in [3.63, 3.8) is 0 Å². The molecule has 0 spiro atoms. The van der Waals surface area contributed by atoms with Crippen molar-refractivity contribution in [3.05, 3.63) is 65.4 Å². The highest BCUT2D eigenvalue weighted by molar-refractivity contribution is 7.13. The number of benzene rings is 1. The first kappa shape index (κ1) is 20.0. The number of hydrogen-bond donors (Lipinski definition) is 1. The molecule has 1 N–H and O–H groups in total. The second-order valence-electron chi connectivity index (χ2n) is 7.89. The van der Waals surface area contributed by atoms with Crippen molar-refractivity contribution >= 4 is 17.2 Å². The maximum atomic E-state index is 12.9. The van der Waals surface area contributed by atoms with Crippen molar-refractivity contribution in [1.29, 1.82) is 0 Å². The lowest BCUT2D eigenvalue weighted by Crippen LogP contribution is -2.28. The first-order chi connectivity index (χ1) is 14.3. The molecule has 1 atom stereocenters. The van der Waals surface area contributed by atoms with E-state index in [0.29, 0.717) is 17.5 Å². The molecule has 0 fully saturated rings. The van der Waals surface area contributed by atoms with Gasteiger partial charge in [0.05, 0.1) is 10.6 Å². The molecule has 0 unspecified atom stereocenters. The fourth-order valence-corrected chi connectivity index (χ4v) is 3.46. The molecule has 30 heavy (non-hydrogen) atoms. The van der Waals surface area contributed by atoms with Crippen molar-refractivity contribution in [2.24, 2.45) is 0 Å². The summed E-state index contributed by atoms with van der Waals surface area (Å²) >= 11 is 1.54. The van der Waals surface area contributed by atoms with Gasteiger partial charge in [0.25, 0.3) is 5.91 Å². The van der Waals surface area contributed by atoms with Crippen molar-refractivity contribution in [2.45, 2.75) is 39.2 Å². The number of nitrogens with zero attached hydrogens (tertiary/aromatic N) is 5. The predicted molar refractivity (Wildman–Crippen MR) is 114 cm³/mol. The number of thiophene rings is 1. The molecular formula is C21H22N6O2S. The Bertz CT molecular complexity index is 1140. The van der Waals surface area contributed by atoms with E-state index in [0.717, 1.165) is 10.6 Å². The van der Waals surface area contributed by atoms with Gasteiger partial charge in [0.15, 0.2) is 11.6 Å². The summed E-state index contributed by atoms with van der Waals surface area (Å²) in [5.74, 6) is 1.20. The van der Waals surface area contributed by atoms with Crippen LogP contribution in [-0.2, 0) is 5.41 Å². The van der Waals surface area contributed by atoms with Crippen molar-refractivity contribution < 1.29 is 9.32 Å². The van der Waals surface area contributed by atoms with Gasteiger partial charge in [-0.25, -0.2) is 9.67 Å². The molecule has 0 saturated heterocycles. The Labute approximate surface area is 178 Å². The number of para-hydroxylation sites is 1. The quantitative estimate of drug-likeness (QED) is 0.518. The van der Waals surface area contributed by atoms with Gasteiger partial charge in [-0.15, -0.1) is 16.4 Å². The first-order valence-corrected chi connectivity index (χ1v) is 10.4. The second-order valence-corrected chi connectivity index (χ2v) is 8.83. The molecule has 1 aromatic carbocycles. The van der Waals surface area contributed by atoms with Gasteiger partial charge in [0.1, 0.15) is 6.04 Å². The largest absolute Gasteiger partial charge is 0.338 e. The minimum atomic E-state index is -0.477. The van der Waals surface area contributed by atoms with Gasteiger partial charge >= 0.3 is 0 Å². The van der Waals surface area contributed by atoms with Gasteiger partial charge in [0, 0.05) is 5.41 Å². The Kier molecular flexibility index (Phi) is 5.21. The van der Waals surface area contributed by atoms with E-state index in [-0.39, 0.29) is 11.2 Å². The Hall–Kier alpha value is -3.33. The van der Waals surface area contributed by atoms with E-state index in [4.69, 9.17) is 4.52 Å². The smallest absolute Gasteiger partial charge is 0.291 e. The standard InChI is InChI=1S/C21H22N6O2S/c1-13(19-24-20(26-29-19)21(2,3)4)22-18(28)16-23-17(15-11-8-12-30-15)27(25-16)14-9-6-5-7-10-14/h5-13H,1-4H3,(H,22,28)/t13-/m1/s1. The van der Waals surface area contributed by atoms with Gasteiger partial charge in [-0.05, 0) is 30.5 Å². The molecular weight excluding hydrogens is 400 g/mol. The number of carbonyl (C=O) groups excluding carboxylic acids is 1. The molecule has 0 radical (unpaired) electrons. The molecule has 1 amide bonds. The molecule has 8 nitrogen and oxygen atoms in total. The number of rotatable bonds is 5. The normalized spacial score (nSPS) is 12.7. The number of nitrogens with one attached hydrogen (secondary N) is 1. The summed E-state index contributed by atoms with van der Waals surface area (Å²) < 4.78 is 7.00. The fourth-order valence-electron chi connectivity index (χ4n) is 2.76. The van der Waals surface area contributed by atoms with Gasteiger partial charge < -0.3 is 9.84 Å². The fraction of sp³-hybridized carbons (Fsp3) is 0.286. The lowest BCUT2D eigenvalue weighted by molar-refractivity contribution is 0.0922. The molecule has 4 rings (SSSR count). The van der Waals surface area contributed by atoms with E-state index in [9.17, 15) is 4.79 Å². The molecule has 154 valence electrons. The van der Waals surface area contributed by atoms with Gasteiger partial charge in [-0.1, -0.05) is 50.2 Å². The molecule has 0 aliphatic rings. The van der Waals surface area contributed by atoms with Crippen LogP contribution in [-0.4, -0.2) is 30.8 Å². The number of aromatic nitrogens is 5. The van der Waals surface area contributed by atoms with E-state index < -0.39 is 11.9 Å². The third kappa shape index (κ3) is 4.02. The van der Waals surface area contributed by atoms with E-state index in [2.05, 4.69) is 25.5 Å². The van der Waals surface area contributed by atoms with Crippen LogP contribution in [0.1, 0.15) is 56.1 Å². The zero-order chi connectivity index (χ0) is 21.3. The first-order valence-electron chi connectivity index (χ1n) is 9.54. The Balaban J connectivity index is 1.61. The minimum absolute atomic E-state index is 0.0738. The monoisotopic (exact) mass is 422 g/mol. The van der Waals surface area contributed by atoms with Crippen molar-refractivity contribution in [1.82, 2.24) is 30.2 Å². The summed E-state index contributed by atoms with van der Waals surface area (Å²) in [4.78, 5) is 22.7. The average Bonchev–Trinajstić information content (AvgIpc) is 3.48. The van der Waals surface area contributed by atoms with Crippen molar-refractivity contribution in [3.8, 4) is 16.4 Å². The summed E-state index contributed by atoms with van der Waals surface area (Å²) in [5.41, 5.74) is 0.587. The second kappa shape index (κ2) is 7.83. The van der Waals surface area contributed by atoms with Crippen LogP contribution in [0.4, 0.5) is 0 Å². The van der Waals surface area contributed by atoms with Gasteiger partial charge in [-0.2, -0.15) is 4.98 Å². The molecule has 0 saturated carbocycles. The highest BCUT2D eigenvalue weighted by Gasteiger charge is 2.26. The van der Waals surface area contributed by atoms with Crippen molar-refractivity contribution in [2.75, 3.05) is 0 Å². The Morgan fingerprint density at radius 1 is 1.13 bits per heavy atom. The summed E-state index contributed by atoms with van der Waals surface area (Å²) in [5, 5.41) is 13.3. The maximum Gasteiger partial charge on any atom is 0.291 e. The molecule has 0 aliphatic carbocycles. The third-order valence-corrected chi connectivity index (χ3v) is 5.25. The molecule has 4 aromatic rings. The van der Waals surface area contributed by atoms with E-state index >= 15 is 0 Å². The van der Waals surface area contributed by atoms with Crippen LogP contribution >= 0.6 is 11.3 Å². The zero-order valence-corrected chi connectivity index (χ0v) is 18.0. The maximum absolute atomic E-state index is 12.9. The van der Waals surface area contributed by atoms with Crippen LogP contribution in [0.5, 0.6) is 0 Å². The molecule has 0 bridgehead atoms. The van der Waals surface area contributed by atoms with E-state index in [1.165, 1.54) is 11.3 Å². The number of hydrogen-bond acceptors (Lipinski definition) is 7. The topological polar surface area (TPSA) is 98.7 Å². The highest BCUT2D eigenvalue weighted by Crippen LogP contribution is 2.26. The van der Waals surface area contributed by atoms with Crippen LogP contribution in [0.25, 0.3) is 16.4 Å². The third-order valence-electron chi connectivity index (χ3n) is 4.38. The average molecular weight is 423 g/mol. The van der Waals surface area contributed by atoms with Crippen LogP contribution in [0.2, 0.25) is 0 Å². The Morgan fingerprint density at radius 2 is 1.90 bits per heavy atom. The lowest BCUT2D eigenvalue weighted by Gasteiger charge is -2.11. The number of carbonyl (C=O) groups is 1. The molecule has 3 aromatic heterocycles. The van der Waals surface area contributed by atoms with E-state index in [1.807, 2.05) is 68.6 Å². The summed E-state index contributed by atoms with van der Waals surface area (Å²) in [6.07, 6.45) is 0. The van der Waals surface area contributed by atoms with Crippen LogP contribution < -0.4 is 5.32 Å². The molecule has 3 heterocycles. The SMILES string of the molecule is C[C@@H](NC(=O)c1nc(-c2cccs2)n(-c2ccccc2)n1)c1nc(C(C)(C)C)no1. The Morgan fingerprint density at radius 3 is 2.53 bits per heavy atom. The van der Waals surface area contributed by atoms with Crippen LogP contribution in [0, 0.1) is 0 Å². The summed E-state index contributed by atoms with van der Waals surface area (Å²) in [7, 11) is 0. The predicted octanol–water partition coefficient (Wildman–Crippen LogP) is 4.17. The van der Waals surface area contributed by atoms with Crippen LogP contribution in [0.3, 0.4) is 0 Å². The summed E-state index contributed by atoms with van der Waals surface area (Å²) in [6, 6.07) is 13.0. The van der Waals surface area contributed by atoms with Crippen LogP contribution in [0.15, 0.2) is 52.4 Å².